The Labute approximate surface area is 113 Å². The zero-order valence-corrected chi connectivity index (χ0v) is 12.2. The molecule has 0 spiro atoms. The van der Waals surface area contributed by atoms with Crippen LogP contribution < -0.4 is 5.73 Å². The molecule has 0 aliphatic carbocycles. The topological polar surface area (TPSA) is 63.4 Å². The fraction of sp³-hybridized carbons (Fsp3) is 0.385. The highest BCUT2D eigenvalue weighted by atomic mass is 32.2. The molecule has 1 aromatic rings. The van der Waals surface area contributed by atoms with Crippen molar-refractivity contribution in [2.24, 2.45) is 5.73 Å². The van der Waals surface area contributed by atoms with Crippen LogP contribution in [0.5, 0.6) is 0 Å². The summed E-state index contributed by atoms with van der Waals surface area (Å²) in [4.78, 5) is -0.0447. The minimum Gasteiger partial charge on any atom is -0.326 e. The van der Waals surface area contributed by atoms with E-state index < -0.39 is 15.8 Å². The fourth-order valence-electron chi connectivity index (χ4n) is 1.73. The van der Waals surface area contributed by atoms with Crippen molar-refractivity contribution in [2.45, 2.75) is 25.3 Å². The number of rotatable bonds is 5. The molecule has 0 bridgehead atoms. The maximum absolute atomic E-state index is 13.7. The van der Waals surface area contributed by atoms with Gasteiger partial charge < -0.3 is 5.73 Å². The molecule has 0 heterocycles. The lowest BCUT2D eigenvalue weighted by Gasteiger charge is -2.19. The molecule has 0 aliphatic heterocycles. The number of hydrogen-bond donors (Lipinski definition) is 1. The molecule has 0 amide bonds. The summed E-state index contributed by atoms with van der Waals surface area (Å²) in [6, 6.07) is 2.68. The standard InChI is InChI=1S/C13H19FN2O2S/c1-9(2)8-16(4)19(17,18)13-6-11(7-15)5-12(14)10(13)3/h5-6H,1,7-8,15H2,2-4H3. The lowest BCUT2D eigenvalue weighted by Crippen LogP contribution is -2.29. The average Bonchev–Trinajstić information content (AvgIpc) is 2.31. The molecule has 19 heavy (non-hydrogen) atoms. The van der Waals surface area contributed by atoms with Crippen LogP contribution in [0, 0.1) is 12.7 Å². The van der Waals surface area contributed by atoms with Crippen LogP contribution in [0.15, 0.2) is 29.2 Å². The molecule has 0 aromatic heterocycles. The van der Waals surface area contributed by atoms with Gasteiger partial charge in [0, 0.05) is 25.7 Å². The van der Waals surface area contributed by atoms with Crippen molar-refractivity contribution in [2.75, 3.05) is 13.6 Å². The molecular formula is C13H19FN2O2S. The third-order valence-corrected chi connectivity index (χ3v) is 4.70. The molecule has 106 valence electrons. The Hall–Kier alpha value is -1.24. The highest BCUT2D eigenvalue weighted by Gasteiger charge is 2.24. The van der Waals surface area contributed by atoms with Gasteiger partial charge in [-0.15, -0.1) is 0 Å². The molecule has 0 unspecified atom stereocenters. The Kier molecular flexibility index (Phi) is 4.84. The zero-order chi connectivity index (χ0) is 14.8. The van der Waals surface area contributed by atoms with Gasteiger partial charge >= 0.3 is 0 Å². The third kappa shape index (κ3) is 3.40. The average molecular weight is 286 g/mol. The SMILES string of the molecule is C=C(C)CN(C)S(=O)(=O)c1cc(CN)cc(F)c1C. The number of sulfonamides is 1. The normalized spacial score (nSPS) is 11.9. The molecule has 0 saturated heterocycles. The first kappa shape index (κ1) is 15.8. The minimum atomic E-state index is -3.74. The summed E-state index contributed by atoms with van der Waals surface area (Å²) in [5.74, 6) is -0.565. The van der Waals surface area contributed by atoms with Crippen LogP contribution in [-0.4, -0.2) is 26.3 Å². The second kappa shape index (κ2) is 5.81. The lowest BCUT2D eigenvalue weighted by atomic mass is 10.1. The fourth-order valence-corrected chi connectivity index (χ4v) is 3.24. The van der Waals surface area contributed by atoms with E-state index in [4.69, 9.17) is 5.73 Å². The molecule has 0 radical (unpaired) electrons. The van der Waals surface area contributed by atoms with Gasteiger partial charge in [-0.05, 0) is 31.5 Å². The van der Waals surface area contributed by atoms with E-state index in [1.54, 1.807) is 6.92 Å². The summed E-state index contributed by atoms with van der Waals surface area (Å²) >= 11 is 0. The quantitative estimate of drug-likeness (QED) is 0.839. The van der Waals surface area contributed by atoms with Crippen molar-refractivity contribution in [3.05, 3.63) is 41.2 Å². The zero-order valence-electron chi connectivity index (χ0n) is 11.4. The summed E-state index contributed by atoms with van der Waals surface area (Å²) < 4.78 is 39.6. The van der Waals surface area contributed by atoms with E-state index in [1.165, 1.54) is 26.1 Å². The highest BCUT2D eigenvalue weighted by Crippen LogP contribution is 2.23. The van der Waals surface area contributed by atoms with Crippen molar-refractivity contribution in [1.29, 1.82) is 0 Å². The molecule has 0 atom stereocenters. The van der Waals surface area contributed by atoms with E-state index in [0.717, 1.165) is 4.31 Å². The summed E-state index contributed by atoms with van der Waals surface area (Å²) in [6.45, 7) is 7.13. The summed E-state index contributed by atoms with van der Waals surface area (Å²) in [5.41, 5.74) is 6.71. The first-order valence-corrected chi connectivity index (χ1v) is 7.24. The molecular weight excluding hydrogens is 267 g/mol. The van der Waals surface area contributed by atoms with Crippen LogP contribution >= 0.6 is 0 Å². The van der Waals surface area contributed by atoms with Gasteiger partial charge in [-0.25, -0.2) is 12.8 Å². The summed E-state index contributed by atoms with van der Waals surface area (Å²) in [5, 5.41) is 0. The number of nitrogens with two attached hydrogens (primary N) is 1. The molecule has 1 aromatic carbocycles. The van der Waals surface area contributed by atoms with E-state index in [-0.39, 0.29) is 23.5 Å². The predicted octanol–water partition coefficient (Wildman–Crippen LogP) is 1.79. The Bertz CT molecular complexity index is 597. The Morgan fingerprint density at radius 2 is 2.05 bits per heavy atom. The van der Waals surface area contributed by atoms with E-state index >= 15 is 0 Å². The van der Waals surface area contributed by atoms with Crippen LogP contribution in [0.2, 0.25) is 0 Å². The number of benzene rings is 1. The number of likely N-dealkylation sites (N-methyl/N-ethyl adjacent to an activating group) is 1. The van der Waals surface area contributed by atoms with E-state index in [0.29, 0.717) is 11.1 Å². The van der Waals surface area contributed by atoms with Gasteiger partial charge in [0.1, 0.15) is 5.82 Å². The van der Waals surface area contributed by atoms with Crippen LogP contribution in [0.1, 0.15) is 18.1 Å². The van der Waals surface area contributed by atoms with E-state index in [9.17, 15) is 12.8 Å². The van der Waals surface area contributed by atoms with Gasteiger partial charge in [-0.3, -0.25) is 0 Å². The summed E-state index contributed by atoms with van der Waals surface area (Å²) in [7, 11) is -2.30. The van der Waals surface area contributed by atoms with Crippen LogP contribution in [0.3, 0.4) is 0 Å². The second-order valence-electron chi connectivity index (χ2n) is 4.62. The monoisotopic (exact) mass is 286 g/mol. The van der Waals surface area contributed by atoms with Gasteiger partial charge in [-0.1, -0.05) is 12.2 Å². The second-order valence-corrected chi connectivity index (χ2v) is 6.64. The molecule has 6 heteroatoms. The molecule has 1 rings (SSSR count). The number of halogens is 1. The molecule has 0 fully saturated rings. The van der Waals surface area contributed by atoms with Gasteiger partial charge in [0.15, 0.2) is 0 Å². The van der Waals surface area contributed by atoms with Crippen molar-refractivity contribution in [3.8, 4) is 0 Å². The van der Waals surface area contributed by atoms with Gasteiger partial charge in [0.2, 0.25) is 10.0 Å². The van der Waals surface area contributed by atoms with Gasteiger partial charge in [0.25, 0.3) is 0 Å². The third-order valence-electron chi connectivity index (χ3n) is 2.77. The maximum atomic E-state index is 13.7. The molecule has 2 N–H and O–H groups in total. The van der Waals surface area contributed by atoms with E-state index in [1.807, 2.05) is 0 Å². The highest BCUT2D eigenvalue weighted by molar-refractivity contribution is 7.89. The molecule has 0 aliphatic rings. The first-order chi connectivity index (χ1) is 8.70. The van der Waals surface area contributed by atoms with Gasteiger partial charge in [0.05, 0.1) is 4.90 Å². The van der Waals surface area contributed by atoms with E-state index in [2.05, 4.69) is 6.58 Å². The Balaban J connectivity index is 3.35. The van der Waals surface area contributed by atoms with Gasteiger partial charge in [-0.2, -0.15) is 4.31 Å². The lowest BCUT2D eigenvalue weighted by molar-refractivity contribution is 0.490. The largest absolute Gasteiger partial charge is 0.326 e. The number of hydrogen-bond acceptors (Lipinski definition) is 3. The Morgan fingerprint density at radius 3 is 2.53 bits per heavy atom. The Morgan fingerprint density at radius 1 is 1.47 bits per heavy atom. The van der Waals surface area contributed by atoms with Crippen LogP contribution in [0.4, 0.5) is 4.39 Å². The smallest absolute Gasteiger partial charge is 0.243 e. The molecule has 4 nitrogen and oxygen atoms in total. The summed E-state index contributed by atoms with van der Waals surface area (Å²) in [6.07, 6.45) is 0. The van der Waals surface area contributed by atoms with Crippen LogP contribution in [-0.2, 0) is 16.6 Å². The first-order valence-electron chi connectivity index (χ1n) is 5.80. The van der Waals surface area contributed by atoms with Crippen molar-refractivity contribution in [3.63, 3.8) is 0 Å². The van der Waals surface area contributed by atoms with Crippen molar-refractivity contribution in [1.82, 2.24) is 4.31 Å². The number of nitrogens with zero attached hydrogens (tertiary/aromatic N) is 1. The minimum absolute atomic E-state index is 0.0447. The van der Waals surface area contributed by atoms with Crippen LogP contribution in [0.25, 0.3) is 0 Å². The molecule has 0 saturated carbocycles. The maximum Gasteiger partial charge on any atom is 0.243 e. The van der Waals surface area contributed by atoms with Crippen molar-refractivity contribution < 1.29 is 12.8 Å². The van der Waals surface area contributed by atoms with Crippen molar-refractivity contribution >= 4 is 10.0 Å². The predicted molar refractivity (Wildman–Crippen MR) is 73.7 cm³/mol.